The minimum Gasteiger partial charge on any atom is -0.375 e. The van der Waals surface area contributed by atoms with Crippen LogP contribution in [0, 0.1) is 0 Å². The van der Waals surface area contributed by atoms with E-state index in [-0.39, 0.29) is 11.0 Å². The van der Waals surface area contributed by atoms with Crippen molar-refractivity contribution < 1.29 is 4.79 Å². The number of nitrogens with one attached hydrogen (secondary N) is 1. The van der Waals surface area contributed by atoms with Crippen molar-refractivity contribution in [2.75, 3.05) is 6.54 Å². The summed E-state index contributed by atoms with van der Waals surface area (Å²) in [6.45, 7) is 2.35. The van der Waals surface area contributed by atoms with Crippen LogP contribution in [0.5, 0.6) is 0 Å². The van der Waals surface area contributed by atoms with E-state index in [1.54, 1.807) is 17.4 Å². The molecule has 3 aromatic rings. The number of thiocarbonyl (C=S) groups is 1. The molecule has 24 heavy (non-hydrogen) atoms. The standard InChI is InChI=1S/C17H16N4OS2/c1-2-21(17(18)23)20-16(22)12-10-14(15-8-5-9-24-15)19-13-7-4-3-6-11(12)13/h3-10H,2H2,1H3,(H2,18,23)(H,20,22). The first-order chi connectivity index (χ1) is 11.6. The van der Waals surface area contributed by atoms with Gasteiger partial charge in [0.1, 0.15) is 0 Å². The second kappa shape index (κ2) is 6.94. The van der Waals surface area contributed by atoms with Crippen LogP contribution in [-0.4, -0.2) is 27.6 Å². The number of para-hydroxylation sites is 1. The second-order valence-corrected chi connectivity index (χ2v) is 6.44. The van der Waals surface area contributed by atoms with Gasteiger partial charge in [-0.1, -0.05) is 24.3 Å². The highest BCUT2D eigenvalue weighted by Gasteiger charge is 2.16. The van der Waals surface area contributed by atoms with E-state index in [1.165, 1.54) is 5.01 Å². The van der Waals surface area contributed by atoms with E-state index in [4.69, 9.17) is 18.0 Å². The average molecular weight is 356 g/mol. The summed E-state index contributed by atoms with van der Waals surface area (Å²) in [6.07, 6.45) is 0. The van der Waals surface area contributed by atoms with E-state index < -0.39 is 0 Å². The lowest BCUT2D eigenvalue weighted by atomic mass is 10.1. The van der Waals surface area contributed by atoms with Gasteiger partial charge in [-0.25, -0.2) is 4.98 Å². The number of nitrogens with two attached hydrogens (primary N) is 1. The Kier molecular flexibility index (Phi) is 4.73. The molecular weight excluding hydrogens is 340 g/mol. The molecule has 1 aromatic carbocycles. The van der Waals surface area contributed by atoms with Crippen LogP contribution in [0.4, 0.5) is 0 Å². The maximum atomic E-state index is 12.8. The molecule has 5 nitrogen and oxygen atoms in total. The molecule has 0 fully saturated rings. The average Bonchev–Trinajstić information content (AvgIpc) is 3.12. The van der Waals surface area contributed by atoms with Gasteiger partial charge in [-0.2, -0.15) is 0 Å². The van der Waals surface area contributed by atoms with Crippen LogP contribution in [0.15, 0.2) is 47.8 Å². The highest BCUT2D eigenvalue weighted by molar-refractivity contribution is 7.80. The minimum atomic E-state index is -0.263. The van der Waals surface area contributed by atoms with Crippen molar-refractivity contribution in [1.29, 1.82) is 0 Å². The largest absolute Gasteiger partial charge is 0.375 e. The first-order valence-corrected chi connectivity index (χ1v) is 8.70. The molecule has 0 radical (unpaired) electrons. The molecule has 122 valence electrons. The number of aromatic nitrogens is 1. The Labute approximate surface area is 149 Å². The van der Waals surface area contributed by atoms with Gasteiger partial charge in [0.25, 0.3) is 5.91 Å². The Morgan fingerprint density at radius 1 is 1.33 bits per heavy atom. The SMILES string of the molecule is CCN(NC(=O)c1cc(-c2cccs2)nc2ccccc12)C(N)=S. The summed E-state index contributed by atoms with van der Waals surface area (Å²) in [5.41, 5.74) is 10.5. The molecule has 0 aliphatic heterocycles. The van der Waals surface area contributed by atoms with Gasteiger partial charge in [0.15, 0.2) is 5.11 Å². The number of hydrogen-bond acceptors (Lipinski definition) is 4. The van der Waals surface area contributed by atoms with Crippen LogP contribution < -0.4 is 11.2 Å². The fourth-order valence-electron chi connectivity index (χ4n) is 2.39. The van der Waals surface area contributed by atoms with Gasteiger partial charge in [0.05, 0.1) is 21.7 Å². The summed E-state index contributed by atoms with van der Waals surface area (Å²) in [5, 5.41) is 4.34. The predicted molar refractivity (Wildman–Crippen MR) is 102 cm³/mol. The summed E-state index contributed by atoms with van der Waals surface area (Å²) in [5.74, 6) is -0.263. The Bertz CT molecular complexity index is 893. The molecule has 1 amide bonds. The monoisotopic (exact) mass is 356 g/mol. The lowest BCUT2D eigenvalue weighted by Gasteiger charge is -2.22. The number of thiophene rings is 1. The Morgan fingerprint density at radius 2 is 2.12 bits per heavy atom. The smallest absolute Gasteiger partial charge is 0.270 e. The number of fused-ring (bicyclic) bond motifs is 1. The normalized spacial score (nSPS) is 10.5. The number of amides is 1. The third-order valence-electron chi connectivity index (χ3n) is 3.55. The van der Waals surface area contributed by atoms with E-state index in [9.17, 15) is 4.79 Å². The first-order valence-electron chi connectivity index (χ1n) is 7.41. The van der Waals surface area contributed by atoms with Crippen LogP contribution in [0.3, 0.4) is 0 Å². The highest BCUT2D eigenvalue weighted by atomic mass is 32.1. The molecule has 0 aliphatic carbocycles. The van der Waals surface area contributed by atoms with Crippen LogP contribution >= 0.6 is 23.6 Å². The zero-order valence-electron chi connectivity index (χ0n) is 13.0. The van der Waals surface area contributed by atoms with Crippen LogP contribution in [0.1, 0.15) is 17.3 Å². The molecule has 2 aromatic heterocycles. The predicted octanol–water partition coefficient (Wildman–Crippen LogP) is 3.17. The summed E-state index contributed by atoms with van der Waals surface area (Å²) < 4.78 is 0. The van der Waals surface area contributed by atoms with Gasteiger partial charge in [-0.05, 0) is 42.7 Å². The number of carbonyl (C=O) groups excluding carboxylic acids is 1. The quantitative estimate of drug-likeness (QED) is 0.557. The van der Waals surface area contributed by atoms with Gasteiger partial charge in [0.2, 0.25) is 0 Å². The lowest BCUT2D eigenvalue weighted by Crippen LogP contribution is -2.48. The Hall–Kier alpha value is -2.51. The van der Waals surface area contributed by atoms with Crippen LogP contribution in [0.25, 0.3) is 21.5 Å². The van der Waals surface area contributed by atoms with Gasteiger partial charge in [0, 0.05) is 11.9 Å². The molecule has 0 saturated carbocycles. The van der Waals surface area contributed by atoms with Gasteiger partial charge < -0.3 is 5.73 Å². The third-order valence-corrected chi connectivity index (χ3v) is 4.67. The lowest BCUT2D eigenvalue weighted by molar-refractivity contribution is 0.0876. The van der Waals surface area contributed by atoms with Crippen molar-refractivity contribution in [3.8, 4) is 10.6 Å². The van der Waals surface area contributed by atoms with E-state index in [1.807, 2.05) is 48.7 Å². The van der Waals surface area contributed by atoms with Gasteiger partial charge >= 0.3 is 0 Å². The number of pyridine rings is 1. The molecule has 2 heterocycles. The number of nitrogens with zero attached hydrogens (tertiary/aromatic N) is 2. The Balaban J connectivity index is 2.08. The van der Waals surface area contributed by atoms with Gasteiger partial charge in [-0.3, -0.25) is 15.2 Å². The fourth-order valence-corrected chi connectivity index (χ4v) is 3.25. The molecule has 0 bridgehead atoms. The molecule has 7 heteroatoms. The molecule has 3 N–H and O–H groups in total. The van der Waals surface area contributed by atoms with Crippen LogP contribution in [0.2, 0.25) is 0 Å². The molecule has 0 unspecified atom stereocenters. The van der Waals surface area contributed by atoms with Crippen molar-refractivity contribution >= 4 is 45.5 Å². The Morgan fingerprint density at radius 3 is 2.79 bits per heavy atom. The minimum absolute atomic E-state index is 0.127. The van der Waals surface area contributed by atoms with E-state index >= 15 is 0 Å². The number of rotatable bonds is 3. The first kappa shape index (κ1) is 16.4. The number of hydrogen-bond donors (Lipinski definition) is 2. The molecular formula is C17H16N4OS2. The molecule has 0 spiro atoms. The highest BCUT2D eigenvalue weighted by Crippen LogP contribution is 2.27. The van der Waals surface area contributed by atoms with Gasteiger partial charge in [-0.15, -0.1) is 11.3 Å². The van der Waals surface area contributed by atoms with Crippen molar-refractivity contribution in [1.82, 2.24) is 15.4 Å². The van der Waals surface area contributed by atoms with E-state index in [0.717, 1.165) is 21.5 Å². The van der Waals surface area contributed by atoms with E-state index in [2.05, 4.69) is 10.4 Å². The van der Waals surface area contributed by atoms with Crippen LogP contribution in [-0.2, 0) is 0 Å². The number of benzene rings is 1. The third kappa shape index (κ3) is 3.22. The fraction of sp³-hybridized carbons (Fsp3) is 0.118. The van der Waals surface area contributed by atoms with Crippen molar-refractivity contribution in [2.45, 2.75) is 6.92 Å². The number of hydrazine groups is 1. The number of carbonyl (C=O) groups is 1. The zero-order chi connectivity index (χ0) is 17.1. The summed E-state index contributed by atoms with van der Waals surface area (Å²) in [7, 11) is 0. The maximum absolute atomic E-state index is 12.8. The zero-order valence-corrected chi connectivity index (χ0v) is 14.7. The van der Waals surface area contributed by atoms with Crippen molar-refractivity contribution in [2.24, 2.45) is 5.73 Å². The molecule has 0 aliphatic rings. The van der Waals surface area contributed by atoms with Crippen molar-refractivity contribution in [3.05, 3.63) is 53.4 Å². The topological polar surface area (TPSA) is 71.2 Å². The molecule has 0 atom stereocenters. The molecule has 3 rings (SSSR count). The second-order valence-electron chi connectivity index (χ2n) is 5.07. The molecule has 0 saturated heterocycles. The van der Waals surface area contributed by atoms with E-state index in [0.29, 0.717) is 12.1 Å². The van der Waals surface area contributed by atoms with Crippen molar-refractivity contribution in [3.63, 3.8) is 0 Å². The summed E-state index contributed by atoms with van der Waals surface area (Å²) in [6, 6.07) is 13.3. The summed E-state index contributed by atoms with van der Waals surface area (Å²) >= 11 is 6.53. The summed E-state index contributed by atoms with van der Waals surface area (Å²) in [4.78, 5) is 18.4. The maximum Gasteiger partial charge on any atom is 0.270 e.